The molecule has 110 valence electrons. The van der Waals surface area contributed by atoms with Gasteiger partial charge in [0.2, 0.25) is 11.8 Å². The summed E-state index contributed by atoms with van der Waals surface area (Å²) in [5.74, 6) is -1.62. The normalized spacial score (nSPS) is 11.1. The maximum atomic E-state index is 11.9. The molecule has 0 bridgehead atoms. The molecule has 20 heavy (non-hydrogen) atoms. The molecule has 0 heterocycles. The molecule has 0 aliphatic rings. The van der Waals surface area contributed by atoms with Gasteiger partial charge < -0.3 is 10.6 Å². The lowest BCUT2D eigenvalue weighted by molar-refractivity contribution is -0.140. The van der Waals surface area contributed by atoms with Crippen LogP contribution in [-0.4, -0.2) is 24.5 Å². The standard InChI is InChI=1S/C13H15F3N2O2/c1-8-4-3-5-10(9(8)2)18-12(20)6-11(19)17-7-13(14,15)16/h3-5H,6-7H2,1-2H3,(H,17,19)(H,18,20). The molecule has 1 aromatic rings. The summed E-state index contributed by atoms with van der Waals surface area (Å²) in [5, 5.41) is 4.14. The van der Waals surface area contributed by atoms with Gasteiger partial charge in [0.05, 0.1) is 0 Å². The van der Waals surface area contributed by atoms with Crippen LogP contribution in [0.15, 0.2) is 18.2 Å². The number of nitrogens with one attached hydrogen (secondary N) is 2. The Bertz CT molecular complexity index is 513. The van der Waals surface area contributed by atoms with Crippen LogP contribution in [0.4, 0.5) is 18.9 Å². The Kier molecular flexibility index (Phi) is 5.12. The molecule has 0 atom stereocenters. The van der Waals surface area contributed by atoms with Gasteiger partial charge >= 0.3 is 6.18 Å². The molecular formula is C13H15F3N2O2. The summed E-state index contributed by atoms with van der Waals surface area (Å²) in [6, 6.07) is 5.26. The van der Waals surface area contributed by atoms with Crippen LogP contribution in [-0.2, 0) is 9.59 Å². The molecule has 1 rings (SSSR count). The second-order valence-electron chi connectivity index (χ2n) is 4.36. The lowest BCUT2D eigenvalue weighted by atomic mass is 10.1. The highest BCUT2D eigenvalue weighted by Gasteiger charge is 2.28. The smallest absolute Gasteiger partial charge is 0.347 e. The third-order valence-corrected chi connectivity index (χ3v) is 2.69. The SMILES string of the molecule is Cc1cccc(NC(=O)CC(=O)NCC(F)(F)F)c1C. The maximum absolute atomic E-state index is 11.9. The molecule has 1 aromatic carbocycles. The summed E-state index contributed by atoms with van der Waals surface area (Å²) < 4.78 is 35.6. The number of hydrogen-bond acceptors (Lipinski definition) is 2. The van der Waals surface area contributed by atoms with Crippen LogP contribution in [0.5, 0.6) is 0 Å². The van der Waals surface area contributed by atoms with Crippen LogP contribution in [0.1, 0.15) is 17.5 Å². The molecule has 0 unspecified atom stereocenters. The van der Waals surface area contributed by atoms with Gasteiger partial charge in [0.15, 0.2) is 0 Å². The zero-order valence-electron chi connectivity index (χ0n) is 11.1. The summed E-state index contributed by atoms with van der Waals surface area (Å²) in [4.78, 5) is 22.7. The van der Waals surface area contributed by atoms with Gasteiger partial charge in [-0.15, -0.1) is 0 Å². The van der Waals surface area contributed by atoms with E-state index in [2.05, 4.69) is 5.32 Å². The van der Waals surface area contributed by atoms with Gasteiger partial charge in [-0.25, -0.2) is 0 Å². The zero-order valence-corrected chi connectivity index (χ0v) is 11.1. The van der Waals surface area contributed by atoms with E-state index in [1.54, 1.807) is 24.4 Å². The van der Waals surface area contributed by atoms with Crippen LogP contribution >= 0.6 is 0 Å². The summed E-state index contributed by atoms with van der Waals surface area (Å²) in [6.07, 6.45) is -5.14. The molecule has 0 fully saturated rings. The van der Waals surface area contributed by atoms with Crippen molar-refractivity contribution in [2.24, 2.45) is 0 Å². The van der Waals surface area contributed by atoms with Crippen LogP contribution in [0, 0.1) is 13.8 Å². The highest BCUT2D eigenvalue weighted by Crippen LogP contribution is 2.18. The van der Waals surface area contributed by atoms with Crippen molar-refractivity contribution in [2.75, 3.05) is 11.9 Å². The number of rotatable bonds is 4. The third-order valence-electron chi connectivity index (χ3n) is 2.69. The fourth-order valence-electron chi connectivity index (χ4n) is 1.49. The minimum Gasteiger partial charge on any atom is -0.347 e. The van der Waals surface area contributed by atoms with Gasteiger partial charge in [0.25, 0.3) is 0 Å². The lowest BCUT2D eigenvalue weighted by Gasteiger charge is -2.11. The molecular weight excluding hydrogens is 273 g/mol. The first kappa shape index (κ1) is 16.0. The van der Waals surface area contributed by atoms with E-state index >= 15 is 0 Å². The second kappa shape index (κ2) is 6.40. The number of hydrogen-bond donors (Lipinski definition) is 2. The highest BCUT2D eigenvalue weighted by molar-refractivity contribution is 6.03. The number of aryl methyl sites for hydroxylation is 1. The van der Waals surface area contributed by atoms with Gasteiger partial charge in [-0.2, -0.15) is 13.2 Å². The number of halogens is 3. The Morgan fingerprint density at radius 3 is 2.40 bits per heavy atom. The largest absolute Gasteiger partial charge is 0.405 e. The molecule has 0 saturated heterocycles. The van der Waals surface area contributed by atoms with Crippen LogP contribution in [0.2, 0.25) is 0 Å². The fourth-order valence-corrected chi connectivity index (χ4v) is 1.49. The average Bonchev–Trinajstić information content (AvgIpc) is 2.31. The monoisotopic (exact) mass is 288 g/mol. The van der Waals surface area contributed by atoms with Crippen molar-refractivity contribution in [1.29, 1.82) is 0 Å². The van der Waals surface area contributed by atoms with Gasteiger partial charge in [-0.3, -0.25) is 9.59 Å². The first-order valence-corrected chi connectivity index (χ1v) is 5.88. The Labute approximate surface area is 114 Å². The topological polar surface area (TPSA) is 58.2 Å². The number of amides is 2. The summed E-state index contributed by atoms with van der Waals surface area (Å²) in [7, 11) is 0. The summed E-state index contributed by atoms with van der Waals surface area (Å²) >= 11 is 0. The van der Waals surface area contributed by atoms with Crippen molar-refractivity contribution in [3.63, 3.8) is 0 Å². The first-order valence-electron chi connectivity index (χ1n) is 5.88. The quantitative estimate of drug-likeness (QED) is 0.835. The maximum Gasteiger partial charge on any atom is 0.405 e. The van der Waals surface area contributed by atoms with E-state index in [-0.39, 0.29) is 0 Å². The molecule has 7 heteroatoms. The summed E-state index contributed by atoms with van der Waals surface area (Å²) in [6.45, 7) is 2.22. The van der Waals surface area contributed by atoms with Gasteiger partial charge in [-0.1, -0.05) is 12.1 Å². The predicted molar refractivity (Wildman–Crippen MR) is 68.2 cm³/mol. The third kappa shape index (κ3) is 5.29. The highest BCUT2D eigenvalue weighted by atomic mass is 19.4. The van der Waals surface area contributed by atoms with Crippen molar-refractivity contribution < 1.29 is 22.8 Å². The Hall–Kier alpha value is -2.05. The Morgan fingerprint density at radius 2 is 1.80 bits per heavy atom. The van der Waals surface area contributed by atoms with Crippen LogP contribution < -0.4 is 10.6 Å². The van der Waals surface area contributed by atoms with E-state index in [1.165, 1.54) is 0 Å². The number of alkyl halides is 3. The molecule has 0 aromatic heterocycles. The Morgan fingerprint density at radius 1 is 1.15 bits per heavy atom. The number of benzene rings is 1. The van der Waals surface area contributed by atoms with Gasteiger partial charge in [0.1, 0.15) is 13.0 Å². The lowest BCUT2D eigenvalue weighted by Crippen LogP contribution is -2.35. The molecule has 0 saturated carbocycles. The van der Waals surface area contributed by atoms with Crippen LogP contribution in [0.3, 0.4) is 0 Å². The van der Waals surface area contributed by atoms with Crippen molar-refractivity contribution >= 4 is 17.5 Å². The molecule has 2 N–H and O–H groups in total. The van der Waals surface area contributed by atoms with Gasteiger partial charge in [0, 0.05) is 5.69 Å². The first-order chi connectivity index (χ1) is 9.19. The molecule has 0 aliphatic carbocycles. The molecule has 0 spiro atoms. The zero-order chi connectivity index (χ0) is 15.3. The van der Waals surface area contributed by atoms with E-state index in [0.29, 0.717) is 5.69 Å². The van der Waals surface area contributed by atoms with Crippen molar-refractivity contribution in [2.45, 2.75) is 26.4 Å². The minimum absolute atomic E-state index is 0.540. The van der Waals surface area contributed by atoms with E-state index in [9.17, 15) is 22.8 Å². The molecule has 2 amide bonds. The van der Waals surface area contributed by atoms with E-state index < -0.39 is 31.0 Å². The van der Waals surface area contributed by atoms with E-state index in [0.717, 1.165) is 11.1 Å². The fraction of sp³-hybridized carbons (Fsp3) is 0.385. The summed E-state index contributed by atoms with van der Waals surface area (Å²) in [5.41, 5.74) is 2.35. The number of anilines is 1. The number of carbonyl (C=O) groups excluding carboxylic acids is 2. The average molecular weight is 288 g/mol. The molecule has 0 aliphatic heterocycles. The Balaban J connectivity index is 2.52. The minimum atomic E-state index is -4.49. The van der Waals surface area contributed by atoms with E-state index in [1.807, 2.05) is 13.0 Å². The van der Waals surface area contributed by atoms with Gasteiger partial charge in [-0.05, 0) is 31.0 Å². The van der Waals surface area contributed by atoms with Crippen molar-refractivity contribution in [3.8, 4) is 0 Å². The van der Waals surface area contributed by atoms with Crippen molar-refractivity contribution in [3.05, 3.63) is 29.3 Å². The molecule has 0 radical (unpaired) electrons. The van der Waals surface area contributed by atoms with Crippen molar-refractivity contribution in [1.82, 2.24) is 5.32 Å². The number of carbonyl (C=O) groups is 2. The predicted octanol–water partition coefficient (Wildman–Crippen LogP) is 2.31. The second-order valence-corrected chi connectivity index (χ2v) is 4.36. The van der Waals surface area contributed by atoms with Crippen LogP contribution in [0.25, 0.3) is 0 Å². The molecule has 4 nitrogen and oxygen atoms in total. The van der Waals surface area contributed by atoms with E-state index in [4.69, 9.17) is 0 Å².